The molecule has 4 heteroatoms. The molecule has 0 rings (SSSR count). The molecule has 2 N–H and O–H groups in total. The van der Waals surface area contributed by atoms with Gasteiger partial charge in [-0.05, 0) is 0 Å². The molecule has 0 heterocycles. The van der Waals surface area contributed by atoms with Crippen molar-refractivity contribution >= 4 is 10.1 Å². The molecule has 0 unspecified atom stereocenters. The maximum Gasteiger partial charge on any atom is 0 e. The first kappa shape index (κ1) is 65.8. The van der Waals surface area contributed by atoms with E-state index in [2.05, 4.69) is 0 Å². The standard InChI is InChI=1S/Be.2Cu.H2O.2H/h;;;1H2;;. The predicted molar refractivity (Wildman–Crippen MR) is 12.2 cm³/mol. The van der Waals surface area contributed by atoms with Crippen LogP contribution in [0.5, 0.6) is 0 Å². The minimum absolute atomic E-state index is 0. The Morgan fingerprint density at radius 2 is 0.750 bits per heavy atom. The maximum atomic E-state index is 0. The zero-order chi connectivity index (χ0) is 0. The van der Waals surface area contributed by atoms with E-state index in [1.807, 2.05) is 0 Å². The van der Waals surface area contributed by atoms with E-state index in [0.717, 1.165) is 0 Å². The van der Waals surface area contributed by atoms with Crippen molar-refractivity contribution in [3.8, 4) is 0 Å². The molecule has 2 radical (unpaired) electrons. The second-order valence-electron chi connectivity index (χ2n) is 0. The predicted octanol–water partition coefficient (Wildman–Crippen LogP) is -1.75. The van der Waals surface area contributed by atoms with Gasteiger partial charge in [0.25, 0.3) is 0 Å². The van der Waals surface area contributed by atoms with Gasteiger partial charge in [-0.2, -0.15) is 0 Å². The van der Waals surface area contributed by atoms with E-state index < -0.39 is 0 Å². The Kier molecular flexibility index (Phi) is 505. The molecular weight excluding hydrogens is 152 g/mol. The molecule has 0 aromatic rings. The fraction of sp³-hybridized carbons (Fsp3) is 0. The molecule has 0 bridgehead atoms. The van der Waals surface area contributed by atoms with Gasteiger partial charge in [-0.25, -0.2) is 0 Å². The van der Waals surface area contributed by atoms with Crippen molar-refractivity contribution in [2.24, 2.45) is 0 Å². The van der Waals surface area contributed by atoms with Crippen LogP contribution in [0.25, 0.3) is 0 Å². The summed E-state index contributed by atoms with van der Waals surface area (Å²) in [6, 6.07) is 0. The van der Waals surface area contributed by atoms with E-state index >= 15 is 0 Å². The van der Waals surface area contributed by atoms with Crippen LogP contribution >= 0.6 is 0 Å². The van der Waals surface area contributed by atoms with E-state index in [1.165, 1.54) is 0 Å². The van der Waals surface area contributed by atoms with Crippen LogP contribution in [0.4, 0.5) is 0 Å². The zero-order valence-corrected chi connectivity index (χ0v) is 2.99. The third-order valence-electron chi connectivity index (χ3n) is 0. The van der Waals surface area contributed by atoms with Gasteiger partial charge in [-0.15, -0.1) is 0 Å². The Balaban J connectivity index is 0. The third kappa shape index (κ3) is 10.9. The van der Waals surface area contributed by atoms with Crippen molar-refractivity contribution < 1.29 is 39.6 Å². The molecule has 0 saturated carbocycles. The van der Waals surface area contributed by atoms with Crippen LogP contribution < -0.4 is 0 Å². The summed E-state index contributed by atoms with van der Waals surface area (Å²) in [5.41, 5.74) is 0. The van der Waals surface area contributed by atoms with E-state index in [0.29, 0.717) is 0 Å². The molecule has 0 spiro atoms. The first-order valence-corrected chi connectivity index (χ1v) is 0. The molecule has 1 nitrogen and oxygen atoms in total. The minimum Gasteiger partial charge on any atom is 0 e. The van der Waals surface area contributed by atoms with Gasteiger partial charge in [0, 0.05) is 34.1 Å². The molecule has 0 fully saturated rings. The monoisotopic (exact) mass is 155 g/mol. The van der Waals surface area contributed by atoms with Gasteiger partial charge in [0.1, 0.15) is 0 Å². The summed E-state index contributed by atoms with van der Waals surface area (Å²) in [5, 5.41) is 0. The number of hydrogen-bond donors (Lipinski definition) is 0. The fourth-order valence-corrected chi connectivity index (χ4v) is 0. The van der Waals surface area contributed by atoms with Crippen LogP contribution in [0.2, 0.25) is 0 Å². The van der Waals surface area contributed by atoms with Crippen LogP contribution in [0, 0.1) is 0 Å². The Hall–Kier alpha value is 1.17. The zero-order valence-electron chi connectivity index (χ0n) is 1.10. The van der Waals surface area contributed by atoms with Crippen LogP contribution in [-0.2, 0) is 34.1 Å². The van der Waals surface area contributed by atoms with Crippen LogP contribution in [0.15, 0.2) is 0 Å². The van der Waals surface area contributed by atoms with Crippen LogP contribution in [0.1, 0.15) is 0 Å². The summed E-state index contributed by atoms with van der Waals surface area (Å²) in [5.74, 6) is 0. The van der Waals surface area contributed by atoms with Gasteiger partial charge >= 0.3 is 10.1 Å². The molecule has 0 aliphatic heterocycles. The van der Waals surface area contributed by atoms with Crippen molar-refractivity contribution in [3.63, 3.8) is 0 Å². The molecule has 4 heavy (non-hydrogen) atoms. The van der Waals surface area contributed by atoms with Gasteiger partial charge in [0.2, 0.25) is 0 Å². The first-order valence-electron chi connectivity index (χ1n) is 0. The Morgan fingerprint density at radius 3 is 0.750 bits per heavy atom. The molecule has 0 aliphatic rings. The van der Waals surface area contributed by atoms with Gasteiger partial charge in [0.15, 0.2) is 0 Å². The normalized spacial score (nSPS) is 0. The van der Waals surface area contributed by atoms with Gasteiger partial charge in [-0.3, -0.25) is 0 Å². The van der Waals surface area contributed by atoms with Gasteiger partial charge in [0.05, 0.1) is 0 Å². The van der Waals surface area contributed by atoms with E-state index in [1.54, 1.807) is 0 Å². The summed E-state index contributed by atoms with van der Waals surface area (Å²) in [4.78, 5) is 0. The number of hydrogen-bond acceptors (Lipinski definition) is 0. The second kappa shape index (κ2) is 30.7. The fourth-order valence-electron chi connectivity index (χ4n) is 0. The maximum absolute atomic E-state index is 0. The average Bonchev–Trinajstić information content (AvgIpc) is 0. The third-order valence-corrected chi connectivity index (χ3v) is 0. The molecule has 0 amide bonds. The Bertz CT molecular complexity index is 6.00. The topological polar surface area (TPSA) is 31.5 Å². The van der Waals surface area contributed by atoms with Gasteiger partial charge in [-0.1, -0.05) is 0 Å². The summed E-state index contributed by atoms with van der Waals surface area (Å²) in [6.45, 7) is 0. The smallest absolute Gasteiger partial charge is 0 e. The van der Waals surface area contributed by atoms with E-state index in [4.69, 9.17) is 0 Å². The van der Waals surface area contributed by atoms with Gasteiger partial charge < -0.3 is 5.48 Å². The first-order chi connectivity index (χ1) is 0. The summed E-state index contributed by atoms with van der Waals surface area (Å²) >= 11 is 0. The molecule has 0 aromatic heterocycles. The van der Waals surface area contributed by atoms with E-state index in [-0.39, 0.29) is 49.7 Å². The molecule has 0 saturated heterocycles. The average molecular weight is 156 g/mol. The van der Waals surface area contributed by atoms with Crippen molar-refractivity contribution in [2.45, 2.75) is 0 Å². The quantitative estimate of drug-likeness (QED) is 0.373. The van der Waals surface area contributed by atoms with Crippen LogP contribution in [-0.4, -0.2) is 15.6 Å². The molecule has 0 atom stereocenters. The van der Waals surface area contributed by atoms with Crippen molar-refractivity contribution in [3.05, 3.63) is 0 Å². The second-order valence-corrected chi connectivity index (χ2v) is 0. The SMILES string of the molecule is O.[BeH2].[Cu].[Cu]. The van der Waals surface area contributed by atoms with Crippen molar-refractivity contribution in [1.82, 2.24) is 0 Å². The summed E-state index contributed by atoms with van der Waals surface area (Å²) in [7, 11) is 0. The van der Waals surface area contributed by atoms with E-state index in [9.17, 15) is 0 Å². The van der Waals surface area contributed by atoms with Crippen molar-refractivity contribution in [1.29, 1.82) is 0 Å². The summed E-state index contributed by atoms with van der Waals surface area (Å²) < 4.78 is 0. The molecule has 34 valence electrons. The minimum atomic E-state index is 0. The largest absolute Gasteiger partial charge is 0 e. The summed E-state index contributed by atoms with van der Waals surface area (Å²) in [6.07, 6.45) is 0. The molecular formula is H4BeCu2O. The van der Waals surface area contributed by atoms with Crippen LogP contribution in [0.3, 0.4) is 0 Å². The Labute approximate surface area is 50.0 Å². The molecule has 0 aliphatic carbocycles. The number of rotatable bonds is 0. The Morgan fingerprint density at radius 1 is 0.750 bits per heavy atom. The molecule has 0 aromatic carbocycles. The van der Waals surface area contributed by atoms with Crippen molar-refractivity contribution in [2.75, 3.05) is 0 Å².